The number of halogens is 1. The average molecular weight is 352 g/mol. The first-order valence-corrected chi connectivity index (χ1v) is 7.17. The van der Waals surface area contributed by atoms with Crippen LogP contribution in [-0.4, -0.2) is 14.9 Å². The normalized spacial score (nSPS) is 10.5. The smallest absolute Gasteiger partial charge is 0.312 e. The van der Waals surface area contributed by atoms with Gasteiger partial charge in [0.05, 0.1) is 4.92 Å². The first-order valence-electron chi connectivity index (χ1n) is 6.37. The van der Waals surface area contributed by atoms with E-state index in [9.17, 15) is 10.1 Å². The van der Waals surface area contributed by atoms with Gasteiger partial charge in [0.15, 0.2) is 0 Å². The Morgan fingerprint density at radius 3 is 2.62 bits per heavy atom. The van der Waals surface area contributed by atoms with Crippen LogP contribution in [0.4, 0.5) is 5.69 Å². The topological polar surface area (TPSA) is 78.2 Å². The number of hydrogen-bond donors (Lipinski definition) is 0. The van der Waals surface area contributed by atoms with Crippen LogP contribution in [-0.2, 0) is 6.42 Å². The van der Waals surface area contributed by atoms with Gasteiger partial charge in [-0.25, -0.2) is 4.98 Å². The molecule has 0 saturated carbocycles. The zero-order valence-corrected chi connectivity index (χ0v) is 13.5. The number of aryl methyl sites for hydroxylation is 3. The van der Waals surface area contributed by atoms with Gasteiger partial charge in [-0.2, -0.15) is 4.98 Å². The maximum absolute atomic E-state index is 11.2. The Morgan fingerprint density at radius 2 is 2.00 bits per heavy atom. The molecule has 0 radical (unpaired) electrons. The maximum atomic E-state index is 11.2. The van der Waals surface area contributed by atoms with Crippen molar-refractivity contribution in [2.45, 2.75) is 27.2 Å². The minimum atomic E-state index is -0.452. The molecular weight excluding hydrogens is 338 g/mol. The zero-order valence-electron chi connectivity index (χ0n) is 11.9. The highest BCUT2D eigenvalue weighted by atomic mass is 79.9. The third-order valence-corrected chi connectivity index (χ3v) is 3.24. The molecule has 0 aliphatic rings. The van der Waals surface area contributed by atoms with Gasteiger partial charge in [0, 0.05) is 18.6 Å². The summed E-state index contributed by atoms with van der Waals surface area (Å²) in [6.07, 6.45) is 0.644. The van der Waals surface area contributed by atoms with Gasteiger partial charge < -0.3 is 4.74 Å². The van der Waals surface area contributed by atoms with E-state index in [1.54, 1.807) is 19.9 Å². The van der Waals surface area contributed by atoms with E-state index in [1.165, 1.54) is 6.07 Å². The van der Waals surface area contributed by atoms with Crippen LogP contribution in [0.25, 0.3) is 0 Å². The van der Waals surface area contributed by atoms with Gasteiger partial charge in [-0.3, -0.25) is 10.1 Å². The maximum Gasteiger partial charge on any atom is 0.312 e. The number of nitro benzene ring substituents is 1. The molecule has 0 unspecified atom stereocenters. The summed E-state index contributed by atoms with van der Waals surface area (Å²) in [6, 6.07) is 4.90. The van der Waals surface area contributed by atoms with Crippen molar-refractivity contribution in [2.24, 2.45) is 0 Å². The SMILES string of the molecule is CCc1nc(Br)cc(Oc2c(C)cc(C)cc2[N+](=O)[O-])n1. The largest absolute Gasteiger partial charge is 0.431 e. The molecule has 1 aromatic carbocycles. The van der Waals surface area contributed by atoms with Crippen molar-refractivity contribution in [1.29, 1.82) is 0 Å². The number of ether oxygens (including phenoxy) is 1. The van der Waals surface area contributed by atoms with Gasteiger partial charge in [-0.15, -0.1) is 0 Å². The molecular formula is C14H14BrN3O3. The van der Waals surface area contributed by atoms with Crippen molar-refractivity contribution < 1.29 is 9.66 Å². The lowest BCUT2D eigenvalue weighted by Gasteiger charge is -2.10. The van der Waals surface area contributed by atoms with Crippen molar-refractivity contribution in [2.75, 3.05) is 0 Å². The van der Waals surface area contributed by atoms with Gasteiger partial charge in [0.2, 0.25) is 11.6 Å². The number of nitrogens with zero attached hydrogens (tertiary/aromatic N) is 3. The van der Waals surface area contributed by atoms with E-state index >= 15 is 0 Å². The highest BCUT2D eigenvalue weighted by Gasteiger charge is 2.20. The van der Waals surface area contributed by atoms with E-state index < -0.39 is 4.92 Å². The fourth-order valence-corrected chi connectivity index (χ4v) is 2.36. The summed E-state index contributed by atoms with van der Waals surface area (Å²) < 4.78 is 6.24. The Labute approximate surface area is 130 Å². The lowest BCUT2D eigenvalue weighted by molar-refractivity contribution is -0.385. The molecule has 0 atom stereocenters. The minimum Gasteiger partial charge on any atom is -0.431 e. The highest BCUT2D eigenvalue weighted by molar-refractivity contribution is 9.10. The second-order valence-electron chi connectivity index (χ2n) is 4.59. The second-order valence-corrected chi connectivity index (χ2v) is 5.40. The number of benzene rings is 1. The lowest BCUT2D eigenvalue weighted by atomic mass is 10.1. The molecule has 0 amide bonds. The van der Waals surface area contributed by atoms with E-state index in [4.69, 9.17) is 4.74 Å². The van der Waals surface area contributed by atoms with E-state index in [2.05, 4.69) is 25.9 Å². The third kappa shape index (κ3) is 3.55. The number of hydrogen-bond acceptors (Lipinski definition) is 5. The molecule has 0 bridgehead atoms. The zero-order chi connectivity index (χ0) is 15.6. The van der Waals surface area contributed by atoms with Crippen LogP contribution in [0.2, 0.25) is 0 Å². The van der Waals surface area contributed by atoms with Crippen LogP contribution in [0.3, 0.4) is 0 Å². The Kier molecular flexibility index (Phi) is 4.52. The van der Waals surface area contributed by atoms with E-state index in [-0.39, 0.29) is 17.3 Å². The molecule has 110 valence electrons. The molecule has 0 N–H and O–H groups in total. The molecule has 7 heteroatoms. The molecule has 1 heterocycles. The molecule has 1 aromatic heterocycles. The van der Waals surface area contributed by atoms with Crippen molar-refractivity contribution in [3.8, 4) is 11.6 Å². The molecule has 0 aliphatic carbocycles. The van der Waals surface area contributed by atoms with Gasteiger partial charge in [-0.1, -0.05) is 13.0 Å². The summed E-state index contributed by atoms with van der Waals surface area (Å²) >= 11 is 3.28. The first-order chi connectivity index (χ1) is 9.90. The fourth-order valence-electron chi connectivity index (χ4n) is 1.96. The third-order valence-electron chi connectivity index (χ3n) is 2.84. The van der Waals surface area contributed by atoms with Crippen LogP contribution >= 0.6 is 15.9 Å². The summed E-state index contributed by atoms with van der Waals surface area (Å²) in [5, 5.41) is 11.2. The number of aromatic nitrogens is 2. The number of rotatable bonds is 4. The predicted molar refractivity (Wildman–Crippen MR) is 81.8 cm³/mol. The average Bonchev–Trinajstić information content (AvgIpc) is 2.40. The Morgan fingerprint density at radius 1 is 1.29 bits per heavy atom. The van der Waals surface area contributed by atoms with Crippen molar-refractivity contribution in [1.82, 2.24) is 9.97 Å². The van der Waals surface area contributed by atoms with Crippen molar-refractivity contribution in [3.63, 3.8) is 0 Å². The number of nitro groups is 1. The molecule has 2 rings (SSSR count). The van der Waals surface area contributed by atoms with Crippen LogP contribution in [0.5, 0.6) is 11.6 Å². The molecule has 0 saturated heterocycles. The van der Waals surface area contributed by atoms with Gasteiger partial charge in [-0.05, 0) is 40.9 Å². The molecule has 2 aromatic rings. The Hall–Kier alpha value is -2.02. The quantitative estimate of drug-likeness (QED) is 0.470. The summed E-state index contributed by atoms with van der Waals surface area (Å²) in [4.78, 5) is 19.1. The van der Waals surface area contributed by atoms with Crippen LogP contribution in [0.1, 0.15) is 23.9 Å². The Bertz CT molecular complexity index is 704. The second kappa shape index (κ2) is 6.17. The van der Waals surface area contributed by atoms with E-state index in [0.29, 0.717) is 22.4 Å². The van der Waals surface area contributed by atoms with Crippen LogP contribution in [0, 0.1) is 24.0 Å². The van der Waals surface area contributed by atoms with Crippen LogP contribution < -0.4 is 4.74 Å². The van der Waals surface area contributed by atoms with E-state index in [1.807, 2.05) is 13.0 Å². The minimum absolute atomic E-state index is 0.0692. The molecule has 0 spiro atoms. The lowest BCUT2D eigenvalue weighted by Crippen LogP contribution is -2.00. The first kappa shape index (κ1) is 15.4. The molecule has 0 aliphatic heterocycles. The summed E-state index contributed by atoms with van der Waals surface area (Å²) in [5.74, 6) is 1.09. The predicted octanol–water partition coefficient (Wildman–Crippen LogP) is 4.12. The van der Waals surface area contributed by atoms with Gasteiger partial charge in [0.1, 0.15) is 10.4 Å². The van der Waals surface area contributed by atoms with E-state index in [0.717, 1.165) is 5.56 Å². The summed E-state index contributed by atoms with van der Waals surface area (Å²) in [7, 11) is 0. The Balaban J connectivity index is 2.48. The fraction of sp³-hybridized carbons (Fsp3) is 0.286. The standard InChI is InChI=1S/C14H14BrN3O3/c1-4-12-16-11(15)7-13(17-12)21-14-9(3)5-8(2)6-10(14)18(19)20/h5-7H,4H2,1-3H3. The van der Waals surface area contributed by atoms with Gasteiger partial charge in [0.25, 0.3) is 0 Å². The monoisotopic (exact) mass is 351 g/mol. The summed E-state index contributed by atoms with van der Waals surface area (Å²) in [5.41, 5.74) is 1.43. The van der Waals surface area contributed by atoms with Crippen LogP contribution in [0.15, 0.2) is 22.8 Å². The molecule has 21 heavy (non-hydrogen) atoms. The van der Waals surface area contributed by atoms with Crippen molar-refractivity contribution in [3.05, 3.63) is 49.9 Å². The highest BCUT2D eigenvalue weighted by Crippen LogP contribution is 2.35. The summed E-state index contributed by atoms with van der Waals surface area (Å²) in [6.45, 7) is 5.50. The molecule has 0 fully saturated rings. The van der Waals surface area contributed by atoms with Crippen molar-refractivity contribution >= 4 is 21.6 Å². The van der Waals surface area contributed by atoms with Gasteiger partial charge >= 0.3 is 5.69 Å². The molecule has 6 nitrogen and oxygen atoms in total.